The lowest BCUT2D eigenvalue weighted by Crippen LogP contribution is -2.53. The molecular formula is C19H25N3O4S2. The third-order valence-electron chi connectivity index (χ3n) is 4.72. The molecule has 28 heavy (non-hydrogen) atoms. The second-order valence-corrected chi connectivity index (χ2v) is 9.61. The standard InChI is InChI=1S/C19H25N3O4S2/c1-3-26-17-8-6-16(7-9-17)20-19(23)15(2)21-10-12-22(13-11-21)28(24,25)18-5-4-14-27-18/h4-9,14-15H,3,10-13H2,1-2H3,(H,20,23). The fraction of sp³-hybridized carbons (Fsp3) is 0.421. The van der Waals surface area contributed by atoms with Crippen LogP contribution in [0.2, 0.25) is 0 Å². The van der Waals surface area contributed by atoms with Gasteiger partial charge in [0.1, 0.15) is 9.96 Å². The Labute approximate surface area is 170 Å². The number of piperazine rings is 1. The molecule has 1 aliphatic rings. The SMILES string of the molecule is CCOc1ccc(NC(=O)C(C)N2CCN(S(=O)(=O)c3cccs3)CC2)cc1. The minimum Gasteiger partial charge on any atom is -0.494 e. The van der Waals surface area contributed by atoms with Crippen molar-refractivity contribution in [3.63, 3.8) is 0 Å². The van der Waals surface area contributed by atoms with Crippen molar-refractivity contribution < 1.29 is 17.9 Å². The molecule has 2 aromatic rings. The Morgan fingerprint density at radius 3 is 2.43 bits per heavy atom. The Balaban J connectivity index is 1.54. The van der Waals surface area contributed by atoms with Gasteiger partial charge in [0, 0.05) is 31.9 Å². The molecule has 1 N–H and O–H groups in total. The van der Waals surface area contributed by atoms with Crippen LogP contribution < -0.4 is 10.1 Å². The van der Waals surface area contributed by atoms with Gasteiger partial charge in [0.2, 0.25) is 5.91 Å². The van der Waals surface area contributed by atoms with E-state index < -0.39 is 10.0 Å². The zero-order valence-corrected chi connectivity index (χ0v) is 17.6. The van der Waals surface area contributed by atoms with Crippen LogP contribution in [0.1, 0.15) is 13.8 Å². The van der Waals surface area contributed by atoms with Crippen LogP contribution in [0.4, 0.5) is 5.69 Å². The summed E-state index contributed by atoms with van der Waals surface area (Å²) < 4.78 is 32.5. The van der Waals surface area contributed by atoms with Crippen molar-refractivity contribution in [3.05, 3.63) is 41.8 Å². The predicted octanol–water partition coefficient (Wildman–Crippen LogP) is 2.48. The first-order valence-electron chi connectivity index (χ1n) is 9.23. The molecule has 1 fully saturated rings. The molecule has 0 aliphatic carbocycles. The number of amides is 1. The van der Waals surface area contributed by atoms with Gasteiger partial charge in [-0.25, -0.2) is 8.42 Å². The molecule has 0 bridgehead atoms. The maximum atomic E-state index is 12.6. The molecule has 7 nitrogen and oxygen atoms in total. The molecule has 1 amide bonds. The molecule has 0 radical (unpaired) electrons. The van der Waals surface area contributed by atoms with E-state index in [2.05, 4.69) is 5.32 Å². The Bertz CT molecular complexity index is 874. The van der Waals surface area contributed by atoms with E-state index in [-0.39, 0.29) is 11.9 Å². The molecule has 9 heteroatoms. The van der Waals surface area contributed by atoms with Gasteiger partial charge in [-0.1, -0.05) is 6.07 Å². The second kappa shape index (κ2) is 9.04. The molecule has 1 aromatic heterocycles. The highest BCUT2D eigenvalue weighted by atomic mass is 32.2. The van der Waals surface area contributed by atoms with E-state index >= 15 is 0 Å². The van der Waals surface area contributed by atoms with E-state index in [0.29, 0.717) is 42.7 Å². The van der Waals surface area contributed by atoms with E-state index in [1.807, 2.05) is 30.9 Å². The van der Waals surface area contributed by atoms with Crippen LogP contribution in [0, 0.1) is 0 Å². The van der Waals surface area contributed by atoms with E-state index in [4.69, 9.17) is 4.74 Å². The number of carbonyl (C=O) groups is 1. The number of sulfonamides is 1. The number of rotatable bonds is 7. The highest BCUT2D eigenvalue weighted by Gasteiger charge is 2.32. The monoisotopic (exact) mass is 423 g/mol. The fourth-order valence-corrected chi connectivity index (χ4v) is 5.65. The van der Waals surface area contributed by atoms with Crippen LogP contribution in [0.3, 0.4) is 0 Å². The summed E-state index contributed by atoms with van der Waals surface area (Å²) in [6.07, 6.45) is 0. The van der Waals surface area contributed by atoms with E-state index in [1.54, 1.807) is 29.6 Å². The van der Waals surface area contributed by atoms with Gasteiger partial charge in [0.15, 0.2) is 0 Å². The molecule has 1 aromatic carbocycles. The summed E-state index contributed by atoms with van der Waals surface area (Å²) in [6, 6.07) is 10.3. The Morgan fingerprint density at radius 1 is 1.18 bits per heavy atom. The average Bonchev–Trinajstić information content (AvgIpc) is 3.25. The van der Waals surface area contributed by atoms with Crippen molar-refractivity contribution in [3.8, 4) is 5.75 Å². The van der Waals surface area contributed by atoms with Crippen LogP contribution >= 0.6 is 11.3 Å². The molecule has 152 valence electrons. The number of ether oxygens (including phenoxy) is 1. The van der Waals surface area contributed by atoms with Crippen molar-refractivity contribution in [1.82, 2.24) is 9.21 Å². The summed E-state index contributed by atoms with van der Waals surface area (Å²) in [7, 11) is -3.43. The van der Waals surface area contributed by atoms with Crippen LogP contribution in [0.15, 0.2) is 46.0 Å². The molecule has 0 spiro atoms. The number of nitrogens with zero attached hydrogens (tertiary/aromatic N) is 2. The van der Waals surface area contributed by atoms with Gasteiger partial charge in [0.25, 0.3) is 10.0 Å². The quantitative estimate of drug-likeness (QED) is 0.740. The zero-order valence-electron chi connectivity index (χ0n) is 16.0. The summed E-state index contributed by atoms with van der Waals surface area (Å²) in [4.78, 5) is 14.6. The maximum Gasteiger partial charge on any atom is 0.252 e. The van der Waals surface area contributed by atoms with E-state index in [9.17, 15) is 13.2 Å². The van der Waals surface area contributed by atoms with Gasteiger partial charge in [-0.3, -0.25) is 9.69 Å². The molecule has 0 saturated carbocycles. The third kappa shape index (κ3) is 4.72. The molecule has 1 saturated heterocycles. The van der Waals surface area contributed by atoms with Crippen LogP contribution in [-0.4, -0.2) is 62.4 Å². The average molecular weight is 424 g/mol. The highest BCUT2D eigenvalue weighted by molar-refractivity contribution is 7.91. The number of hydrogen-bond donors (Lipinski definition) is 1. The number of thiophene rings is 1. The highest BCUT2D eigenvalue weighted by Crippen LogP contribution is 2.23. The lowest BCUT2D eigenvalue weighted by atomic mass is 10.2. The number of hydrogen-bond acceptors (Lipinski definition) is 6. The van der Waals surface area contributed by atoms with Crippen molar-refractivity contribution in [2.24, 2.45) is 0 Å². The van der Waals surface area contributed by atoms with E-state index in [0.717, 1.165) is 5.75 Å². The summed E-state index contributed by atoms with van der Waals surface area (Å²) in [6.45, 7) is 6.14. The van der Waals surface area contributed by atoms with Gasteiger partial charge in [0.05, 0.1) is 12.6 Å². The Kier molecular flexibility index (Phi) is 6.71. The summed E-state index contributed by atoms with van der Waals surface area (Å²) in [5.74, 6) is 0.648. The first kappa shape index (κ1) is 20.8. The fourth-order valence-electron chi connectivity index (χ4n) is 3.08. The second-order valence-electron chi connectivity index (χ2n) is 6.49. The van der Waals surface area contributed by atoms with Gasteiger partial charge in [-0.2, -0.15) is 4.31 Å². The molecule has 3 rings (SSSR count). The number of carbonyl (C=O) groups excluding carboxylic acids is 1. The van der Waals surface area contributed by atoms with Gasteiger partial charge < -0.3 is 10.1 Å². The van der Waals surface area contributed by atoms with Crippen molar-refractivity contribution in [2.75, 3.05) is 38.1 Å². The summed E-state index contributed by atoms with van der Waals surface area (Å²) in [5, 5.41) is 4.67. The number of anilines is 1. The van der Waals surface area contributed by atoms with Crippen molar-refractivity contribution in [1.29, 1.82) is 0 Å². The largest absolute Gasteiger partial charge is 0.494 e. The minimum atomic E-state index is -3.43. The van der Waals surface area contributed by atoms with Crippen LogP contribution in [0.5, 0.6) is 5.75 Å². The van der Waals surface area contributed by atoms with Crippen molar-refractivity contribution in [2.45, 2.75) is 24.1 Å². The normalized spacial score (nSPS) is 17.2. The van der Waals surface area contributed by atoms with Crippen molar-refractivity contribution >= 4 is 33.0 Å². The number of benzene rings is 1. The maximum absolute atomic E-state index is 12.6. The van der Waals surface area contributed by atoms with Crippen LogP contribution in [0.25, 0.3) is 0 Å². The Hall–Kier alpha value is -1.94. The first-order valence-corrected chi connectivity index (χ1v) is 11.5. The smallest absolute Gasteiger partial charge is 0.252 e. The molecule has 2 heterocycles. The first-order chi connectivity index (χ1) is 13.4. The molecule has 1 aliphatic heterocycles. The molecule has 1 unspecified atom stereocenters. The topological polar surface area (TPSA) is 79.0 Å². The lowest BCUT2D eigenvalue weighted by Gasteiger charge is -2.36. The molecular weight excluding hydrogens is 398 g/mol. The summed E-state index contributed by atoms with van der Waals surface area (Å²) in [5.41, 5.74) is 0.708. The van der Waals surface area contributed by atoms with Crippen LogP contribution in [-0.2, 0) is 14.8 Å². The van der Waals surface area contributed by atoms with Gasteiger partial charge in [-0.15, -0.1) is 11.3 Å². The minimum absolute atomic E-state index is 0.112. The van der Waals surface area contributed by atoms with Gasteiger partial charge in [-0.05, 0) is 49.6 Å². The predicted molar refractivity (Wildman–Crippen MR) is 110 cm³/mol. The zero-order chi connectivity index (χ0) is 20.1. The third-order valence-corrected chi connectivity index (χ3v) is 7.99. The summed E-state index contributed by atoms with van der Waals surface area (Å²) >= 11 is 1.22. The lowest BCUT2D eigenvalue weighted by molar-refractivity contribution is -0.121. The Morgan fingerprint density at radius 2 is 1.86 bits per heavy atom. The number of nitrogens with one attached hydrogen (secondary N) is 1. The van der Waals surface area contributed by atoms with Gasteiger partial charge >= 0.3 is 0 Å². The molecule has 1 atom stereocenters. The van der Waals surface area contributed by atoms with E-state index in [1.165, 1.54) is 15.6 Å².